The van der Waals surface area contributed by atoms with Crippen LogP contribution in [0.4, 0.5) is 13.2 Å². The molecule has 3 N–H and O–H groups in total. The third-order valence-corrected chi connectivity index (χ3v) is 4.35. The van der Waals surface area contributed by atoms with E-state index in [0.717, 1.165) is 0 Å². The summed E-state index contributed by atoms with van der Waals surface area (Å²) in [6, 6.07) is -1.90. The second-order valence-corrected chi connectivity index (χ2v) is 6.30. The Balaban J connectivity index is 2.64. The first-order chi connectivity index (χ1) is 9.08. The smallest absolute Gasteiger partial charge is 0.466 e. The Morgan fingerprint density at radius 3 is 2.45 bits per heavy atom. The molecule has 118 valence electrons. The van der Waals surface area contributed by atoms with Crippen molar-refractivity contribution < 1.29 is 31.1 Å². The quantitative estimate of drug-likeness (QED) is 0.735. The molecule has 1 fully saturated rings. The lowest BCUT2D eigenvalue weighted by Crippen LogP contribution is -2.54. The van der Waals surface area contributed by atoms with Gasteiger partial charge < -0.3 is 10.5 Å². The maximum Gasteiger partial charge on any atom is 0.511 e. The maximum atomic E-state index is 12.3. The van der Waals surface area contributed by atoms with Crippen LogP contribution in [0.1, 0.15) is 26.2 Å². The fraction of sp³-hybridized carbons (Fsp3) is 0.900. The second kappa shape index (κ2) is 6.27. The van der Waals surface area contributed by atoms with E-state index in [2.05, 4.69) is 0 Å². The second-order valence-electron chi connectivity index (χ2n) is 4.60. The summed E-state index contributed by atoms with van der Waals surface area (Å²) >= 11 is 0. The van der Waals surface area contributed by atoms with Crippen molar-refractivity contribution in [3.63, 3.8) is 0 Å². The molecule has 1 rings (SSSR count). The average Bonchev–Trinajstić information content (AvgIpc) is 2.30. The molecule has 1 saturated carbocycles. The molecule has 0 aromatic carbocycles. The molecule has 0 aliphatic heterocycles. The number of hydrogen-bond donors (Lipinski definition) is 2. The predicted molar refractivity (Wildman–Crippen MR) is 63.8 cm³/mol. The number of alkyl halides is 3. The molecule has 0 amide bonds. The zero-order valence-corrected chi connectivity index (χ0v) is 11.6. The molecule has 0 aromatic rings. The summed E-state index contributed by atoms with van der Waals surface area (Å²) in [6.45, 7) is 1.84. The molecular formula is C10H17F3N2O4S. The SMILES string of the molecule is CCOC(=O)[C@H]1CC[C@@H](NS(=O)(=O)C(F)(F)F)[C@H](N)C1. The molecular weight excluding hydrogens is 301 g/mol. The number of ether oxygens (including phenoxy) is 1. The average molecular weight is 318 g/mol. The van der Waals surface area contributed by atoms with Crippen molar-refractivity contribution in [3.05, 3.63) is 0 Å². The number of esters is 1. The number of sulfonamides is 1. The van der Waals surface area contributed by atoms with Gasteiger partial charge in [0.1, 0.15) is 0 Å². The molecule has 20 heavy (non-hydrogen) atoms. The van der Waals surface area contributed by atoms with Gasteiger partial charge in [0.15, 0.2) is 0 Å². The largest absolute Gasteiger partial charge is 0.511 e. The number of rotatable bonds is 4. The van der Waals surface area contributed by atoms with Crippen molar-refractivity contribution in [3.8, 4) is 0 Å². The van der Waals surface area contributed by atoms with Gasteiger partial charge in [-0.15, -0.1) is 0 Å². The minimum absolute atomic E-state index is 0.0555. The number of nitrogens with one attached hydrogen (secondary N) is 1. The fourth-order valence-electron chi connectivity index (χ4n) is 2.09. The monoisotopic (exact) mass is 318 g/mol. The summed E-state index contributed by atoms with van der Waals surface area (Å²) in [5, 5.41) is 0. The molecule has 0 unspecified atom stereocenters. The summed E-state index contributed by atoms with van der Waals surface area (Å²) in [5.41, 5.74) is 0.281. The lowest BCUT2D eigenvalue weighted by molar-refractivity contribution is -0.149. The van der Waals surface area contributed by atoms with E-state index < -0.39 is 39.5 Å². The van der Waals surface area contributed by atoms with Crippen LogP contribution >= 0.6 is 0 Å². The number of nitrogens with two attached hydrogens (primary N) is 1. The molecule has 6 nitrogen and oxygen atoms in total. The standard InChI is InChI=1S/C10H17F3N2O4S/c1-2-19-9(16)6-3-4-8(7(14)5-6)15-20(17,18)10(11,12)13/h6-8,15H,2-5,14H2,1H3/t6-,7+,8+/m0/s1. The molecule has 0 radical (unpaired) electrons. The zero-order valence-electron chi connectivity index (χ0n) is 10.8. The number of carbonyl (C=O) groups is 1. The first-order valence-corrected chi connectivity index (χ1v) is 7.57. The van der Waals surface area contributed by atoms with Crippen molar-refractivity contribution in [1.29, 1.82) is 0 Å². The van der Waals surface area contributed by atoms with Gasteiger partial charge in [0, 0.05) is 12.1 Å². The van der Waals surface area contributed by atoms with Crippen LogP contribution in [0.3, 0.4) is 0 Å². The summed E-state index contributed by atoms with van der Waals surface area (Å²) in [6.07, 6.45) is 0.376. The number of carbonyl (C=O) groups excluding carboxylic acids is 1. The Hall–Kier alpha value is -0.870. The molecule has 0 spiro atoms. The van der Waals surface area contributed by atoms with Crippen LogP contribution < -0.4 is 10.5 Å². The van der Waals surface area contributed by atoms with E-state index in [-0.39, 0.29) is 25.9 Å². The van der Waals surface area contributed by atoms with Gasteiger partial charge in [-0.05, 0) is 26.2 Å². The third-order valence-electron chi connectivity index (χ3n) is 3.13. The number of halogens is 3. The molecule has 0 bridgehead atoms. The molecule has 0 heterocycles. The first kappa shape index (κ1) is 17.2. The van der Waals surface area contributed by atoms with Crippen LogP contribution in [0.25, 0.3) is 0 Å². The van der Waals surface area contributed by atoms with Gasteiger partial charge in [-0.3, -0.25) is 4.79 Å². The van der Waals surface area contributed by atoms with Crippen molar-refractivity contribution in [1.82, 2.24) is 4.72 Å². The van der Waals surface area contributed by atoms with Crippen molar-refractivity contribution in [2.24, 2.45) is 11.7 Å². The number of hydrogen-bond acceptors (Lipinski definition) is 5. The minimum Gasteiger partial charge on any atom is -0.466 e. The topological polar surface area (TPSA) is 98.5 Å². The molecule has 10 heteroatoms. The summed E-state index contributed by atoms with van der Waals surface area (Å²) in [7, 11) is -5.42. The van der Waals surface area contributed by atoms with E-state index in [1.165, 1.54) is 0 Å². The Kier molecular flexibility index (Phi) is 5.39. The van der Waals surface area contributed by atoms with E-state index in [0.29, 0.717) is 0 Å². The highest BCUT2D eigenvalue weighted by Crippen LogP contribution is 2.28. The Morgan fingerprint density at radius 1 is 1.40 bits per heavy atom. The van der Waals surface area contributed by atoms with Gasteiger partial charge in [0.05, 0.1) is 12.5 Å². The Labute approximate surface area is 114 Å². The minimum atomic E-state index is -5.42. The van der Waals surface area contributed by atoms with Crippen LogP contribution in [0, 0.1) is 5.92 Å². The van der Waals surface area contributed by atoms with Crippen LogP contribution in [-0.2, 0) is 19.6 Å². The lowest BCUT2D eigenvalue weighted by atomic mass is 9.83. The summed E-state index contributed by atoms with van der Waals surface area (Å²) in [4.78, 5) is 11.5. The van der Waals surface area contributed by atoms with Crippen molar-refractivity contribution in [2.75, 3.05) is 6.61 Å². The Bertz CT molecular complexity index is 452. The van der Waals surface area contributed by atoms with E-state index in [4.69, 9.17) is 10.5 Å². The summed E-state index contributed by atoms with van der Waals surface area (Å²) in [5.74, 6) is -0.961. The predicted octanol–water partition coefficient (Wildman–Crippen LogP) is 0.485. The Morgan fingerprint density at radius 2 is 2.00 bits per heavy atom. The van der Waals surface area contributed by atoms with E-state index >= 15 is 0 Å². The van der Waals surface area contributed by atoms with Gasteiger partial charge in [-0.2, -0.15) is 13.2 Å². The molecule has 0 saturated heterocycles. The van der Waals surface area contributed by atoms with Crippen molar-refractivity contribution in [2.45, 2.75) is 43.8 Å². The highest BCUT2D eigenvalue weighted by Gasteiger charge is 2.48. The first-order valence-electron chi connectivity index (χ1n) is 6.09. The normalized spacial score (nSPS) is 28.1. The highest BCUT2D eigenvalue weighted by molar-refractivity contribution is 7.90. The fourth-order valence-corrected chi connectivity index (χ4v) is 2.92. The van der Waals surface area contributed by atoms with Crippen LogP contribution in [0.5, 0.6) is 0 Å². The molecule has 3 atom stereocenters. The summed E-state index contributed by atoms with van der Waals surface area (Å²) < 4.78 is 65.1. The van der Waals surface area contributed by atoms with E-state index in [9.17, 15) is 26.4 Å². The van der Waals surface area contributed by atoms with Gasteiger partial charge in [-0.1, -0.05) is 0 Å². The van der Waals surface area contributed by atoms with Crippen LogP contribution in [0.2, 0.25) is 0 Å². The molecule has 1 aliphatic carbocycles. The van der Waals surface area contributed by atoms with E-state index in [1.807, 2.05) is 0 Å². The van der Waals surface area contributed by atoms with Crippen LogP contribution in [-0.4, -0.2) is 38.6 Å². The van der Waals surface area contributed by atoms with Crippen molar-refractivity contribution >= 4 is 16.0 Å². The van der Waals surface area contributed by atoms with Gasteiger partial charge >= 0.3 is 21.5 Å². The van der Waals surface area contributed by atoms with E-state index in [1.54, 1.807) is 11.6 Å². The zero-order chi connectivity index (χ0) is 15.6. The third kappa shape index (κ3) is 4.06. The van der Waals surface area contributed by atoms with Gasteiger partial charge in [0.2, 0.25) is 0 Å². The molecule has 0 aromatic heterocycles. The molecule has 1 aliphatic rings. The lowest BCUT2D eigenvalue weighted by Gasteiger charge is -2.33. The van der Waals surface area contributed by atoms with Gasteiger partial charge in [-0.25, -0.2) is 13.1 Å². The van der Waals surface area contributed by atoms with Gasteiger partial charge in [0.25, 0.3) is 0 Å². The maximum absolute atomic E-state index is 12.3. The van der Waals surface area contributed by atoms with Crippen LogP contribution in [0.15, 0.2) is 0 Å². The highest BCUT2D eigenvalue weighted by atomic mass is 32.2.